The molecule has 0 aromatic heterocycles. The van der Waals surface area contributed by atoms with Crippen LogP contribution in [0, 0.1) is 0 Å². The fourth-order valence-electron chi connectivity index (χ4n) is 18.4. The largest absolute Gasteiger partial charge is 0.469 e. The molecule has 0 saturated carbocycles. The van der Waals surface area contributed by atoms with E-state index in [4.69, 9.17) is 104 Å². The van der Waals surface area contributed by atoms with E-state index in [2.05, 4.69) is 0 Å². The minimum absolute atomic E-state index is 0.00681. The molecule has 5 saturated heterocycles. The van der Waals surface area contributed by atoms with Crippen LogP contribution in [0.4, 0.5) is 0 Å². The average molecular weight is 1920 g/mol. The zero-order valence-corrected chi connectivity index (χ0v) is 79.9. The highest BCUT2D eigenvalue weighted by Gasteiger charge is 2.59. The summed E-state index contributed by atoms with van der Waals surface area (Å²) in [7, 11) is 1.42. The minimum atomic E-state index is -1.34. The van der Waals surface area contributed by atoms with Gasteiger partial charge in [0.05, 0.1) is 106 Å². The van der Waals surface area contributed by atoms with E-state index in [0.717, 1.165) is 98.9 Å². The molecule has 21 atom stereocenters. The number of carbonyl (C=O) groups excluding carboxylic acids is 1. The minimum Gasteiger partial charge on any atom is -0.469 e. The summed E-state index contributed by atoms with van der Waals surface area (Å²) in [6.45, 7) is 1.67. The van der Waals surface area contributed by atoms with Crippen molar-refractivity contribution in [1.29, 1.82) is 0 Å². The maximum absolute atomic E-state index is 12.2. The predicted molar refractivity (Wildman–Crippen MR) is 528 cm³/mol. The lowest BCUT2D eigenvalue weighted by Crippen LogP contribution is -2.68. The highest BCUT2D eigenvalue weighted by Crippen LogP contribution is 2.44. The van der Waals surface area contributed by atoms with Crippen molar-refractivity contribution in [3.05, 3.63) is 431 Å². The van der Waals surface area contributed by atoms with E-state index < -0.39 is 129 Å². The van der Waals surface area contributed by atoms with E-state index in [0.29, 0.717) is 12.8 Å². The van der Waals surface area contributed by atoms with Crippen molar-refractivity contribution >= 4 is 5.97 Å². The summed E-state index contributed by atoms with van der Waals surface area (Å²) < 4.78 is 161. The molecule has 0 aliphatic carbocycles. The summed E-state index contributed by atoms with van der Waals surface area (Å²) in [5, 5.41) is 0. The fourth-order valence-corrected chi connectivity index (χ4v) is 18.4. The topological polar surface area (TPSA) is 220 Å². The molecule has 0 amide bonds. The first-order chi connectivity index (χ1) is 69.8. The standard InChI is InChI=1S/C118H130O23/c1-120-101(119)68-42-4-2-3-5-43-69-123-115-112(131-79-94-62-36-15-37-63-94)108(140-117-110(129-77-92-58-32-13-33-59-92)106(127-75-90-54-28-11-29-55-90)102(124-72-87-48-22-8-23-49-87)97(137-117)81-121-70-85-44-18-6-19-45-85)104(126-74-89-52-26-10-27-53-89)99(135-115)83-134-116-113(132-80-95-64-38-16-39-65-95)109(105-100(136-116)84-133-114(139-105)96-66-40-17-41-67-96)141-118-111(130-78-93-60-34-14-35-61-93)107(128-76-91-56-30-12-31-57-91)103(125-73-88-50-24-9-25-51-88)98(138-118)82-122-71-86-46-20-7-21-47-86/h6-41,44-67,97-100,102-118H,2-5,42-43,68-84H2,1H3/t97-,98-,99-,100-,102-,103-,104-,105-,106+,107+,108+,109+,110+,111+,112+,113+,114?,115-,116+,117-,118-/m1/s1. The van der Waals surface area contributed by atoms with Gasteiger partial charge in [-0.3, -0.25) is 4.79 Å². The molecule has 5 aliphatic rings. The molecule has 141 heavy (non-hydrogen) atoms. The first-order valence-electron chi connectivity index (χ1n) is 49.5. The van der Waals surface area contributed by atoms with Gasteiger partial charge in [-0.15, -0.1) is 0 Å². The fraction of sp³-hybridized carbons (Fsp3) is 0.381. The van der Waals surface area contributed by atoms with Crippen molar-refractivity contribution in [3.63, 3.8) is 0 Å². The van der Waals surface area contributed by atoms with Crippen molar-refractivity contribution in [2.24, 2.45) is 0 Å². The van der Waals surface area contributed by atoms with Crippen molar-refractivity contribution in [1.82, 2.24) is 0 Å². The van der Waals surface area contributed by atoms with Crippen LogP contribution in [0.25, 0.3) is 0 Å². The zero-order valence-electron chi connectivity index (χ0n) is 79.9. The number of esters is 1. The van der Waals surface area contributed by atoms with Crippen molar-refractivity contribution in [3.8, 4) is 0 Å². The van der Waals surface area contributed by atoms with E-state index in [9.17, 15) is 4.79 Å². The summed E-state index contributed by atoms with van der Waals surface area (Å²) >= 11 is 0. The molecular weight excluding hydrogens is 1790 g/mol. The van der Waals surface area contributed by atoms with Gasteiger partial charge < -0.3 is 104 Å². The maximum Gasteiger partial charge on any atom is 0.305 e. The van der Waals surface area contributed by atoms with Gasteiger partial charge in [0.2, 0.25) is 0 Å². The lowest BCUT2D eigenvalue weighted by Gasteiger charge is -2.52. The summed E-state index contributed by atoms with van der Waals surface area (Å²) in [4.78, 5) is 12.2. The molecular formula is C118H130O23. The number of benzene rings is 12. The second-order valence-corrected chi connectivity index (χ2v) is 36.1. The van der Waals surface area contributed by atoms with Crippen LogP contribution in [0.2, 0.25) is 0 Å². The van der Waals surface area contributed by atoms with E-state index in [1.165, 1.54) is 7.11 Å². The normalized spacial score (nSPS) is 25.6. The van der Waals surface area contributed by atoms with E-state index in [1.807, 2.05) is 364 Å². The van der Waals surface area contributed by atoms with Crippen LogP contribution in [0.1, 0.15) is 118 Å². The number of rotatable bonds is 53. The molecule has 12 aromatic rings. The first-order valence-corrected chi connectivity index (χ1v) is 49.5. The van der Waals surface area contributed by atoms with Gasteiger partial charge >= 0.3 is 5.97 Å². The Labute approximate surface area is 827 Å². The lowest BCUT2D eigenvalue weighted by molar-refractivity contribution is -0.406. The van der Waals surface area contributed by atoms with Crippen LogP contribution in [0.5, 0.6) is 0 Å². The second kappa shape index (κ2) is 55.2. The molecule has 5 heterocycles. The summed E-state index contributed by atoms with van der Waals surface area (Å²) in [6, 6.07) is 120. The second-order valence-electron chi connectivity index (χ2n) is 36.1. The van der Waals surface area contributed by atoms with E-state index >= 15 is 0 Å². The molecule has 5 aliphatic heterocycles. The van der Waals surface area contributed by atoms with Gasteiger partial charge in [0, 0.05) is 18.6 Å². The Morgan fingerprint density at radius 1 is 0.248 bits per heavy atom. The third kappa shape index (κ3) is 30.4. The predicted octanol–water partition coefficient (Wildman–Crippen LogP) is 20.4. The molecule has 0 N–H and O–H groups in total. The Morgan fingerprint density at radius 3 is 0.872 bits per heavy atom. The molecule has 0 spiro atoms. The Balaban J connectivity index is 0.782. The Morgan fingerprint density at radius 2 is 0.518 bits per heavy atom. The first kappa shape index (κ1) is 102. The summed E-state index contributed by atoms with van der Waals surface area (Å²) in [6.07, 6.45) is -17.0. The molecule has 0 bridgehead atoms. The van der Waals surface area contributed by atoms with Crippen molar-refractivity contribution in [2.75, 3.05) is 40.1 Å². The number of unbranched alkanes of at least 4 members (excludes halogenated alkanes) is 5. The molecule has 12 aromatic carbocycles. The molecule has 17 rings (SSSR count). The molecule has 5 fully saturated rings. The Bertz CT molecular complexity index is 5440. The third-order valence-corrected chi connectivity index (χ3v) is 25.8. The molecule has 1 unspecified atom stereocenters. The van der Waals surface area contributed by atoms with Crippen molar-refractivity contribution < 1.29 is 109 Å². The molecule has 740 valence electrons. The van der Waals surface area contributed by atoms with Gasteiger partial charge in [0.1, 0.15) is 97.7 Å². The third-order valence-electron chi connectivity index (χ3n) is 25.8. The number of hydrogen-bond acceptors (Lipinski definition) is 23. The zero-order chi connectivity index (χ0) is 95.9. The van der Waals surface area contributed by atoms with Crippen molar-refractivity contribution in [2.45, 2.75) is 247 Å². The van der Waals surface area contributed by atoms with Gasteiger partial charge in [0.25, 0.3) is 0 Å². The number of methoxy groups -OCH3 is 1. The average Bonchev–Trinajstić information content (AvgIpc) is 0.760. The van der Waals surface area contributed by atoms with Crippen LogP contribution in [-0.4, -0.2) is 169 Å². The molecule has 23 nitrogen and oxygen atoms in total. The van der Waals surface area contributed by atoms with Crippen LogP contribution >= 0.6 is 0 Å². The van der Waals surface area contributed by atoms with Gasteiger partial charge in [-0.2, -0.15) is 0 Å². The van der Waals surface area contributed by atoms with Gasteiger partial charge in [-0.05, 0) is 74.0 Å². The lowest BCUT2D eigenvalue weighted by atomic mass is 9.95. The highest BCUT2D eigenvalue weighted by atomic mass is 16.8. The Hall–Kier alpha value is -10.7. The quantitative estimate of drug-likeness (QED) is 0.0255. The summed E-state index contributed by atoms with van der Waals surface area (Å²) in [5.74, 6) is -0.219. The highest BCUT2D eigenvalue weighted by molar-refractivity contribution is 5.69. The smallest absolute Gasteiger partial charge is 0.305 e. The van der Waals surface area contributed by atoms with Crippen LogP contribution in [0.15, 0.2) is 364 Å². The summed E-state index contributed by atoms with van der Waals surface area (Å²) in [5.41, 5.74) is 10.8. The molecule has 23 heteroatoms. The number of carbonyl (C=O) groups is 1. The SMILES string of the molecule is COC(=O)CCCCCCCCO[C@@H]1O[C@H](CO[C@H]2O[C@@H]3COC(c4ccccc4)O[C@H]3[C@H](O[C@H]3O[C@H](COCc4ccccc4)[C@@H](OCc4ccccc4)[C@H](OCc4ccccc4)[C@@H]3OCc3ccccc3)[C@@H]2OCc2ccccc2)[C@@H](OCc2ccccc2)[C@H](O[C@H]2O[C@H](COCc3ccccc3)[C@@H](OCc3ccccc3)[C@H](OCc3ccccc3)[C@@H]2OCc2ccccc2)[C@@H]1OCc1ccccc1. The number of fused-ring (bicyclic) bond motifs is 1. The number of ether oxygens (including phenoxy) is 22. The van der Waals surface area contributed by atoms with Gasteiger partial charge in [-0.1, -0.05) is 390 Å². The van der Waals surface area contributed by atoms with Gasteiger partial charge in [-0.25, -0.2) is 0 Å². The van der Waals surface area contributed by atoms with Crippen LogP contribution in [-0.2, 0) is 182 Å². The monoisotopic (exact) mass is 1910 g/mol. The van der Waals surface area contributed by atoms with E-state index in [1.54, 1.807) is 0 Å². The van der Waals surface area contributed by atoms with Crippen LogP contribution in [0.3, 0.4) is 0 Å². The van der Waals surface area contributed by atoms with Crippen LogP contribution < -0.4 is 0 Å². The molecule has 0 radical (unpaired) electrons. The van der Waals surface area contributed by atoms with Gasteiger partial charge in [0.15, 0.2) is 31.5 Å². The Kier molecular flexibility index (Phi) is 39.8. The number of hydrogen-bond donors (Lipinski definition) is 0. The maximum atomic E-state index is 12.2. The van der Waals surface area contributed by atoms with E-state index in [-0.39, 0.29) is 112 Å².